The summed E-state index contributed by atoms with van der Waals surface area (Å²) in [5.41, 5.74) is 2.31. The summed E-state index contributed by atoms with van der Waals surface area (Å²) in [4.78, 5) is 25.3. The van der Waals surface area contributed by atoms with Crippen LogP contribution in [0.15, 0.2) is 60.7 Å². The van der Waals surface area contributed by atoms with Gasteiger partial charge in [-0.2, -0.15) is 0 Å². The van der Waals surface area contributed by atoms with Crippen LogP contribution in [-0.2, 0) is 16.9 Å². The predicted molar refractivity (Wildman–Crippen MR) is 135 cm³/mol. The largest absolute Gasteiger partial charge is 0.486 e. The van der Waals surface area contributed by atoms with E-state index < -0.39 is 29.4 Å². The number of para-hydroxylation sites is 1. The van der Waals surface area contributed by atoms with E-state index in [1.807, 2.05) is 38.1 Å². The van der Waals surface area contributed by atoms with E-state index in [0.717, 1.165) is 11.1 Å². The Bertz CT molecular complexity index is 1310. The lowest BCUT2D eigenvalue weighted by molar-refractivity contribution is -0.532. The van der Waals surface area contributed by atoms with Gasteiger partial charge in [0.15, 0.2) is 11.3 Å². The van der Waals surface area contributed by atoms with Gasteiger partial charge >= 0.3 is 0 Å². The van der Waals surface area contributed by atoms with E-state index >= 15 is 0 Å². The Hall–Kier alpha value is -3.13. The summed E-state index contributed by atoms with van der Waals surface area (Å²) in [6.45, 7) is 4.11. The molecule has 0 aliphatic carbocycles. The fraction of sp³-hybridized carbons (Fsp3) is 0.269. The van der Waals surface area contributed by atoms with Crippen LogP contribution >= 0.6 is 23.2 Å². The number of fused-ring (bicyclic) bond motifs is 2. The van der Waals surface area contributed by atoms with Crippen LogP contribution in [0.5, 0.6) is 5.75 Å². The number of aryl methyl sites for hydroxylation is 1. The van der Waals surface area contributed by atoms with E-state index in [-0.39, 0.29) is 21.6 Å². The van der Waals surface area contributed by atoms with Gasteiger partial charge in [0.05, 0.1) is 16.0 Å². The molecule has 2 aliphatic rings. The van der Waals surface area contributed by atoms with Gasteiger partial charge in [0.2, 0.25) is 0 Å². The van der Waals surface area contributed by atoms with E-state index in [0.29, 0.717) is 22.6 Å². The molecule has 1 saturated heterocycles. The number of amides is 1. The Morgan fingerprint density at radius 1 is 1.09 bits per heavy atom. The third-order valence-electron chi connectivity index (χ3n) is 6.87. The molecule has 0 unspecified atom stereocenters. The smallest absolute Gasteiger partial charge is 0.256 e. The Morgan fingerprint density at radius 3 is 2.40 bits per heavy atom. The molecule has 2 N–H and O–H groups in total. The van der Waals surface area contributed by atoms with Crippen molar-refractivity contribution in [3.8, 4) is 5.75 Å². The van der Waals surface area contributed by atoms with E-state index in [2.05, 4.69) is 10.6 Å². The summed E-state index contributed by atoms with van der Waals surface area (Å²) in [5, 5.41) is 19.0. The first kappa shape index (κ1) is 23.6. The van der Waals surface area contributed by atoms with Crippen molar-refractivity contribution in [1.29, 1.82) is 0 Å². The molecule has 2 aliphatic heterocycles. The number of rotatable bonds is 5. The first-order valence-corrected chi connectivity index (χ1v) is 12.0. The molecule has 0 bridgehead atoms. The van der Waals surface area contributed by atoms with Crippen LogP contribution < -0.4 is 15.4 Å². The third-order valence-corrected chi connectivity index (χ3v) is 7.43. The molecule has 180 valence electrons. The summed E-state index contributed by atoms with van der Waals surface area (Å²) >= 11 is 13.1. The van der Waals surface area contributed by atoms with Gasteiger partial charge in [-0.25, -0.2) is 0 Å². The number of ether oxygens (including phenoxy) is 1. The topological polar surface area (TPSA) is 93.5 Å². The minimum atomic E-state index is -1.50. The van der Waals surface area contributed by atoms with Crippen LogP contribution in [0.2, 0.25) is 10.0 Å². The number of carbonyl (C=O) groups excluding carboxylic acids is 1. The standard InChI is InChI=1S/C26H23Cl2N3O4/c1-14-7-9-16(10-8-14)13-35-23-19(27)11-17(12-20(23)28)22-15(2)30-26(24(22)31(33)34)18-5-3-4-6-21(18)29-25(26)32/h3-12,15,22,24,30H,13H2,1-2H3,(H,29,32)/t15-,22-,24+,26+/m0/s1. The molecule has 9 heteroatoms. The molecule has 0 aromatic heterocycles. The molecule has 1 fully saturated rings. The van der Waals surface area contributed by atoms with Gasteiger partial charge in [0.25, 0.3) is 11.9 Å². The molecule has 1 amide bonds. The molecule has 3 aromatic carbocycles. The molecule has 4 atom stereocenters. The first-order chi connectivity index (χ1) is 16.7. The molecule has 0 saturated carbocycles. The van der Waals surface area contributed by atoms with Crippen LogP contribution in [0.4, 0.5) is 5.69 Å². The van der Waals surface area contributed by atoms with Crippen molar-refractivity contribution >= 4 is 34.8 Å². The molecule has 2 heterocycles. The molecule has 0 radical (unpaired) electrons. The third kappa shape index (κ3) is 3.84. The normalized spacial score (nSPS) is 24.9. The van der Waals surface area contributed by atoms with Crippen LogP contribution in [-0.4, -0.2) is 22.9 Å². The van der Waals surface area contributed by atoms with Crippen LogP contribution in [0.3, 0.4) is 0 Å². The van der Waals surface area contributed by atoms with Crippen molar-refractivity contribution < 1.29 is 14.5 Å². The summed E-state index contributed by atoms with van der Waals surface area (Å²) in [7, 11) is 0. The van der Waals surface area contributed by atoms with Crippen molar-refractivity contribution in [2.75, 3.05) is 5.32 Å². The quantitative estimate of drug-likeness (QED) is 0.350. The van der Waals surface area contributed by atoms with E-state index in [4.69, 9.17) is 27.9 Å². The zero-order valence-corrected chi connectivity index (χ0v) is 20.6. The maximum absolute atomic E-state index is 13.2. The Balaban J connectivity index is 1.50. The molecule has 3 aromatic rings. The minimum absolute atomic E-state index is 0.256. The molecule has 5 rings (SSSR count). The Labute approximate surface area is 212 Å². The van der Waals surface area contributed by atoms with Gasteiger partial charge < -0.3 is 10.1 Å². The number of nitro groups is 1. The van der Waals surface area contributed by atoms with Gasteiger partial charge in [-0.1, -0.05) is 71.2 Å². The lowest BCUT2D eigenvalue weighted by Gasteiger charge is -2.25. The molecule has 35 heavy (non-hydrogen) atoms. The number of benzene rings is 3. The number of halogens is 2. The highest BCUT2D eigenvalue weighted by Crippen LogP contribution is 2.50. The van der Waals surface area contributed by atoms with Crippen LogP contribution in [0.1, 0.15) is 35.1 Å². The molecule has 7 nitrogen and oxygen atoms in total. The highest BCUT2D eigenvalue weighted by molar-refractivity contribution is 6.37. The molecular formula is C26H23Cl2N3O4. The summed E-state index contributed by atoms with van der Waals surface area (Å²) in [5.74, 6) is -0.791. The number of hydrogen-bond acceptors (Lipinski definition) is 5. The van der Waals surface area contributed by atoms with Crippen molar-refractivity contribution in [2.45, 2.75) is 44.0 Å². The number of nitrogens with one attached hydrogen (secondary N) is 2. The zero-order chi connectivity index (χ0) is 24.9. The predicted octanol–water partition coefficient (Wildman–Crippen LogP) is 5.45. The van der Waals surface area contributed by atoms with Gasteiger partial charge in [-0.15, -0.1) is 0 Å². The second-order valence-corrected chi connectivity index (χ2v) is 9.90. The van der Waals surface area contributed by atoms with E-state index in [1.54, 1.807) is 36.4 Å². The average molecular weight is 512 g/mol. The fourth-order valence-corrected chi connectivity index (χ4v) is 5.92. The number of anilines is 1. The summed E-state index contributed by atoms with van der Waals surface area (Å²) in [6.07, 6.45) is 0. The number of hydrogen-bond donors (Lipinski definition) is 2. The highest BCUT2D eigenvalue weighted by atomic mass is 35.5. The van der Waals surface area contributed by atoms with Crippen molar-refractivity contribution in [2.24, 2.45) is 0 Å². The Morgan fingerprint density at radius 2 is 1.74 bits per heavy atom. The van der Waals surface area contributed by atoms with Gasteiger partial charge in [-0.05, 0) is 43.2 Å². The maximum atomic E-state index is 13.2. The minimum Gasteiger partial charge on any atom is -0.486 e. The van der Waals surface area contributed by atoms with Crippen LogP contribution in [0, 0.1) is 17.0 Å². The second-order valence-electron chi connectivity index (χ2n) is 9.08. The fourth-order valence-electron chi connectivity index (χ4n) is 5.30. The first-order valence-electron chi connectivity index (χ1n) is 11.2. The summed E-state index contributed by atoms with van der Waals surface area (Å²) < 4.78 is 5.89. The van der Waals surface area contributed by atoms with Gasteiger partial charge in [0.1, 0.15) is 6.61 Å². The number of carbonyl (C=O) groups is 1. The molecular weight excluding hydrogens is 489 g/mol. The SMILES string of the molecule is Cc1ccc(COc2c(Cl)cc([C@@H]3[C@H](C)N[C@@]4(C(=O)Nc5ccccc54)[C@@H]3[N+](=O)[O-])cc2Cl)cc1. The zero-order valence-electron chi connectivity index (χ0n) is 19.0. The summed E-state index contributed by atoms with van der Waals surface area (Å²) in [6, 6.07) is 16.6. The lowest BCUT2D eigenvalue weighted by Crippen LogP contribution is -2.54. The Kier molecular flexibility index (Phi) is 5.95. The van der Waals surface area contributed by atoms with Gasteiger partial charge in [-0.3, -0.25) is 20.2 Å². The van der Waals surface area contributed by atoms with E-state index in [9.17, 15) is 14.9 Å². The monoisotopic (exact) mass is 511 g/mol. The lowest BCUT2D eigenvalue weighted by atomic mass is 9.78. The molecule has 1 spiro atoms. The number of nitrogens with zero attached hydrogens (tertiary/aromatic N) is 1. The van der Waals surface area contributed by atoms with Crippen LogP contribution in [0.25, 0.3) is 0 Å². The second kappa shape index (κ2) is 8.82. The van der Waals surface area contributed by atoms with Crippen molar-refractivity contribution in [1.82, 2.24) is 5.32 Å². The average Bonchev–Trinajstić information content (AvgIpc) is 3.28. The van der Waals surface area contributed by atoms with Crippen molar-refractivity contribution in [3.05, 3.63) is 103 Å². The highest BCUT2D eigenvalue weighted by Gasteiger charge is 2.67. The van der Waals surface area contributed by atoms with Crippen molar-refractivity contribution in [3.63, 3.8) is 0 Å². The van der Waals surface area contributed by atoms with E-state index in [1.165, 1.54) is 0 Å². The maximum Gasteiger partial charge on any atom is 0.256 e. The van der Waals surface area contributed by atoms with Gasteiger partial charge in [0, 0.05) is 22.2 Å².